The Hall–Kier alpha value is -1.75. The van der Waals surface area contributed by atoms with Gasteiger partial charge in [-0.1, -0.05) is 24.3 Å². The van der Waals surface area contributed by atoms with E-state index in [-0.39, 0.29) is 0 Å². The number of hydrogen-bond donors (Lipinski definition) is 1. The standard InChI is InChI=1S/C18H19N3S/c1-2-6-18-14(4-1)10-16(22-18)13-21-9-8-20-12-17(21)15-5-3-7-19-11-15/h1-7,10-11,17,20H,8-9,12-13H2. The van der Waals surface area contributed by atoms with E-state index in [1.54, 1.807) is 0 Å². The van der Waals surface area contributed by atoms with Gasteiger partial charge in [-0.05, 0) is 29.1 Å². The first-order chi connectivity index (χ1) is 10.9. The van der Waals surface area contributed by atoms with Crippen molar-refractivity contribution in [3.63, 3.8) is 0 Å². The molecule has 0 saturated carbocycles. The van der Waals surface area contributed by atoms with E-state index >= 15 is 0 Å². The van der Waals surface area contributed by atoms with Crippen LogP contribution in [0, 0.1) is 0 Å². The molecule has 112 valence electrons. The monoisotopic (exact) mass is 309 g/mol. The lowest BCUT2D eigenvalue weighted by molar-refractivity contribution is 0.155. The van der Waals surface area contributed by atoms with Crippen molar-refractivity contribution in [3.05, 3.63) is 65.3 Å². The van der Waals surface area contributed by atoms with Crippen LogP contribution in [0.1, 0.15) is 16.5 Å². The number of pyridine rings is 1. The third-order valence-corrected chi connectivity index (χ3v) is 5.36. The smallest absolute Gasteiger partial charge is 0.0492 e. The Morgan fingerprint density at radius 2 is 2.18 bits per heavy atom. The van der Waals surface area contributed by atoms with Gasteiger partial charge in [0.25, 0.3) is 0 Å². The van der Waals surface area contributed by atoms with Crippen molar-refractivity contribution in [1.29, 1.82) is 0 Å². The topological polar surface area (TPSA) is 28.2 Å². The molecular weight excluding hydrogens is 290 g/mol. The van der Waals surface area contributed by atoms with E-state index in [9.17, 15) is 0 Å². The predicted molar refractivity (Wildman–Crippen MR) is 92.1 cm³/mol. The molecular formula is C18H19N3S. The number of hydrogen-bond acceptors (Lipinski definition) is 4. The van der Waals surface area contributed by atoms with E-state index in [2.05, 4.69) is 51.6 Å². The van der Waals surface area contributed by atoms with E-state index < -0.39 is 0 Å². The molecule has 4 rings (SSSR count). The molecule has 3 heterocycles. The van der Waals surface area contributed by atoms with Gasteiger partial charge in [0.1, 0.15) is 0 Å². The SMILES string of the molecule is c1cncc(C2CNCCN2Cc2cc3ccccc3s2)c1. The second-order valence-corrected chi connectivity index (χ2v) is 6.90. The summed E-state index contributed by atoms with van der Waals surface area (Å²) in [5.74, 6) is 0. The van der Waals surface area contributed by atoms with Crippen molar-refractivity contribution in [2.45, 2.75) is 12.6 Å². The van der Waals surface area contributed by atoms with Crippen molar-refractivity contribution in [3.8, 4) is 0 Å². The number of rotatable bonds is 3. The fourth-order valence-electron chi connectivity index (χ4n) is 3.15. The van der Waals surface area contributed by atoms with Gasteiger partial charge in [-0.15, -0.1) is 11.3 Å². The van der Waals surface area contributed by atoms with Crippen LogP contribution in [-0.4, -0.2) is 29.5 Å². The highest BCUT2D eigenvalue weighted by Crippen LogP contribution is 2.29. The molecule has 3 nitrogen and oxygen atoms in total. The summed E-state index contributed by atoms with van der Waals surface area (Å²) >= 11 is 1.91. The van der Waals surface area contributed by atoms with Crippen LogP contribution in [0.25, 0.3) is 10.1 Å². The van der Waals surface area contributed by atoms with Crippen LogP contribution in [0.4, 0.5) is 0 Å². The van der Waals surface area contributed by atoms with Gasteiger partial charge in [0.05, 0.1) is 0 Å². The van der Waals surface area contributed by atoms with Crippen molar-refractivity contribution in [2.75, 3.05) is 19.6 Å². The van der Waals surface area contributed by atoms with Crippen LogP contribution in [0.2, 0.25) is 0 Å². The molecule has 1 unspecified atom stereocenters. The molecule has 0 bridgehead atoms. The van der Waals surface area contributed by atoms with Gasteiger partial charge < -0.3 is 5.32 Å². The molecule has 22 heavy (non-hydrogen) atoms. The van der Waals surface area contributed by atoms with E-state index in [0.717, 1.165) is 26.2 Å². The highest BCUT2D eigenvalue weighted by Gasteiger charge is 2.24. The Kier molecular flexibility index (Phi) is 3.89. The Labute approximate surface area is 134 Å². The van der Waals surface area contributed by atoms with Gasteiger partial charge in [0.2, 0.25) is 0 Å². The molecule has 2 aromatic heterocycles. The number of piperazine rings is 1. The largest absolute Gasteiger partial charge is 0.314 e. The summed E-state index contributed by atoms with van der Waals surface area (Å²) < 4.78 is 1.38. The van der Waals surface area contributed by atoms with Gasteiger partial charge in [-0.25, -0.2) is 0 Å². The third kappa shape index (κ3) is 2.77. The minimum atomic E-state index is 0.410. The van der Waals surface area contributed by atoms with Crippen molar-refractivity contribution >= 4 is 21.4 Å². The minimum absolute atomic E-state index is 0.410. The summed E-state index contributed by atoms with van der Waals surface area (Å²) in [5.41, 5.74) is 1.30. The van der Waals surface area contributed by atoms with Crippen LogP contribution < -0.4 is 5.32 Å². The molecule has 1 aromatic carbocycles. The molecule has 4 heteroatoms. The van der Waals surface area contributed by atoms with Gasteiger partial charge >= 0.3 is 0 Å². The van der Waals surface area contributed by atoms with Crippen LogP contribution in [0.3, 0.4) is 0 Å². The van der Waals surface area contributed by atoms with Gasteiger partial charge in [0.15, 0.2) is 0 Å². The molecule has 3 aromatic rings. The molecule has 0 spiro atoms. The number of benzene rings is 1. The third-order valence-electron chi connectivity index (χ3n) is 4.26. The summed E-state index contributed by atoms with van der Waals surface area (Å²) in [6, 6.07) is 15.6. The zero-order valence-corrected chi connectivity index (χ0v) is 13.2. The summed E-state index contributed by atoms with van der Waals surface area (Å²) in [7, 11) is 0. The van der Waals surface area contributed by atoms with Crippen molar-refractivity contribution in [1.82, 2.24) is 15.2 Å². The zero-order chi connectivity index (χ0) is 14.8. The summed E-state index contributed by atoms with van der Waals surface area (Å²) in [6.07, 6.45) is 3.84. The van der Waals surface area contributed by atoms with Gasteiger partial charge in [-0.3, -0.25) is 9.88 Å². The first kappa shape index (κ1) is 13.9. The fraction of sp³-hybridized carbons (Fsp3) is 0.278. The maximum atomic E-state index is 4.28. The Bertz CT molecular complexity index is 720. The molecule has 0 amide bonds. The van der Waals surface area contributed by atoms with E-state index in [0.29, 0.717) is 6.04 Å². The Morgan fingerprint density at radius 3 is 3.05 bits per heavy atom. The molecule has 1 atom stereocenters. The Balaban J connectivity index is 1.59. The molecule has 0 radical (unpaired) electrons. The molecule has 1 fully saturated rings. The van der Waals surface area contributed by atoms with Crippen LogP contribution in [0.5, 0.6) is 0 Å². The Morgan fingerprint density at radius 1 is 1.23 bits per heavy atom. The predicted octanol–water partition coefficient (Wildman–Crippen LogP) is 3.44. The summed E-state index contributed by atoms with van der Waals surface area (Å²) in [5, 5.41) is 4.87. The van der Waals surface area contributed by atoms with Crippen LogP contribution in [-0.2, 0) is 6.54 Å². The molecule has 1 saturated heterocycles. The number of nitrogens with zero attached hydrogens (tertiary/aromatic N) is 2. The van der Waals surface area contributed by atoms with Crippen LogP contribution in [0.15, 0.2) is 54.9 Å². The normalized spacial score (nSPS) is 19.5. The quantitative estimate of drug-likeness (QED) is 0.803. The molecule has 1 aliphatic heterocycles. The maximum absolute atomic E-state index is 4.28. The van der Waals surface area contributed by atoms with E-state index in [1.807, 2.05) is 29.8 Å². The highest BCUT2D eigenvalue weighted by atomic mass is 32.1. The summed E-state index contributed by atoms with van der Waals surface area (Å²) in [6.45, 7) is 4.15. The van der Waals surface area contributed by atoms with E-state index in [4.69, 9.17) is 0 Å². The number of thiophene rings is 1. The van der Waals surface area contributed by atoms with Gasteiger partial charge in [-0.2, -0.15) is 0 Å². The highest BCUT2D eigenvalue weighted by molar-refractivity contribution is 7.19. The number of aromatic nitrogens is 1. The lowest BCUT2D eigenvalue weighted by atomic mass is 10.1. The lowest BCUT2D eigenvalue weighted by Crippen LogP contribution is -2.45. The van der Waals surface area contributed by atoms with Crippen molar-refractivity contribution < 1.29 is 0 Å². The lowest BCUT2D eigenvalue weighted by Gasteiger charge is -2.36. The van der Waals surface area contributed by atoms with Crippen molar-refractivity contribution in [2.24, 2.45) is 0 Å². The first-order valence-electron chi connectivity index (χ1n) is 7.72. The van der Waals surface area contributed by atoms with Crippen LogP contribution >= 0.6 is 11.3 Å². The second kappa shape index (κ2) is 6.16. The number of fused-ring (bicyclic) bond motifs is 1. The molecule has 1 N–H and O–H groups in total. The average molecular weight is 309 g/mol. The molecule has 1 aliphatic rings. The zero-order valence-electron chi connectivity index (χ0n) is 12.4. The summed E-state index contributed by atoms with van der Waals surface area (Å²) in [4.78, 5) is 8.29. The fourth-order valence-corrected chi connectivity index (χ4v) is 4.24. The molecule has 0 aliphatic carbocycles. The second-order valence-electron chi connectivity index (χ2n) is 5.73. The maximum Gasteiger partial charge on any atom is 0.0492 e. The van der Waals surface area contributed by atoms with Gasteiger partial charge in [0, 0.05) is 54.2 Å². The number of nitrogens with one attached hydrogen (secondary N) is 1. The minimum Gasteiger partial charge on any atom is -0.314 e. The first-order valence-corrected chi connectivity index (χ1v) is 8.54. The van der Waals surface area contributed by atoms with E-state index in [1.165, 1.54) is 20.5 Å². The average Bonchev–Trinajstić information content (AvgIpc) is 2.98.